The maximum absolute atomic E-state index is 12.0. The van der Waals surface area contributed by atoms with E-state index in [0.29, 0.717) is 12.2 Å². The van der Waals surface area contributed by atoms with E-state index in [1.54, 1.807) is 11.6 Å². The first-order chi connectivity index (χ1) is 7.90. The van der Waals surface area contributed by atoms with Crippen LogP contribution in [0.25, 0.3) is 0 Å². The van der Waals surface area contributed by atoms with Crippen molar-refractivity contribution < 1.29 is 8.42 Å². The van der Waals surface area contributed by atoms with Gasteiger partial charge in [0.1, 0.15) is 5.82 Å². The Morgan fingerprint density at radius 1 is 1.24 bits per heavy atom. The van der Waals surface area contributed by atoms with Crippen molar-refractivity contribution in [3.05, 3.63) is 5.82 Å². The topological polar surface area (TPSA) is 64.8 Å². The number of hydrogen-bond acceptors (Lipinski definition) is 4. The Labute approximate surface area is 103 Å². The first-order valence-corrected chi connectivity index (χ1v) is 7.67. The summed E-state index contributed by atoms with van der Waals surface area (Å²) in [5, 5.41) is 7.85. The van der Waals surface area contributed by atoms with Gasteiger partial charge in [0.05, 0.1) is 5.75 Å². The molecule has 0 aromatic carbocycles. The number of sulfone groups is 1. The summed E-state index contributed by atoms with van der Waals surface area (Å²) in [5.41, 5.74) is 0. The van der Waals surface area contributed by atoms with Crippen LogP contribution < -0.4 is 0 Å². The maximum Gasteiger partial charge on any atom is 0.249 e. The molecule has 0 saturated carbocycles. The van der Waals surface area contributed by atoms with E-state index >= 15 is 0 Å². The molecule has 17 heavy (non-hydrogen) atoms. The first-order valence-electron chi connectivity index (χ1n) is 6.02. The molecule has 0 amide bonds. The number of rotatable bonds is 6. The van der Waals surface area contributed by atoms with E-state index in [4.69, 9.17) is 0 Å². The van der Waals surface area contributed by atoms with Crippen LogP contribution in [0.5, 0.6) is 0 Å². The Kier molecular flexibility index (Phi) is 4.68. The van der Waals surface area contributed by atoms with E-state index < -0.39 is 9.84 Å². The van der Waals surface area contributed by atoms with Crippen molar-refractivity contribution in [2.24, 2.45) is 7.05 Å². The molecule has 0 aliphatic heterocycles. The summed E-state index contributed by atoms with van der Waals surface area (Å²) in [6, 6.07) is 0. The Hall–Kier alpha value is -0.910. The third-order valence-electron chi connectivity index (χ3n) is 2.68. The van der Waals surface area contributed by atoms with Crippen LogP contribution in [-0.2, 0) is 16.9 Å². The van der Waals surface area contributed by atoms with Crippen LogP contribution >= 0.6 is 0 Å². The predicted octanol–water partition coefficient (Wildman–Crippen LogP) is 1.90. The summed E-state index contributed by atoms with van der Waals surface area (Å²) in [6.45, 7) is 5.99. The molecule has 1 heterocycles. The van der Waals surface area contributed by atoms with E-state index in [1.807, 2.05) is 20.8 Å². The second-order valence-electron chi connectivity index (χ2n) is 4.58. The third-order valence-corrected chi connectivity index (χ3v) is 4.42. The molecule has 5 nitrogen and oxygen atoms in total. The van der Waals surface area contributed by atoms with Gasteiger partial charge in [-0.1, -0.05) is 33.6 Å². The van der Waals surface area contributed by atoms with Crippen molar-refractivity contribution in [1.29, 1.82) is 0 Å². The minimum absolute atomic E-state index is 0.0947. The summed E-state index contributed by atoms with van der Waals surface area (Å²) < 4.78 is 25.7. The molecule has 0 aliphatic carbocycles. The Bertz CT molecular complexity index is 463. The van der Waals surface area contributed by atoms with E-state index in [2.05, 4.69) is 10.2 Å². The second-order valence-corrected chi connectivity index (χ2v) is 6.58. The Morgan fingerprint density at radius 2 is 1.88 bits per heavy atom. The second kappa shape index (κ2) is 5.62. The van der Waals surface area contributed by atoms with Crippen molar-refractivity contribution >= 4 is 9.84 Å². The molecule has 0 saturated heterocycles. The molecule has 0 radical (unpaired) electrons. The van der Waals surface area contributed by atoms with Gasteiger partial charge < -0.3 is 4.57 Å². The van der Waals surface area contributed by atoms with Gasteiger partial charge in [0.2, 0.25) is 15.0 Å². The van der Waals surface area contributed by atoms with E-state index in [1.165, 1.54) is 0 Å². The van der Waals surface area contributed by atoms with Gasteiger partial charge in [0.25, 0.3) is 0 Å². The van der Waals surface area contributed by atoms with Gasteiger partial charge in [0.15, 0.2) is 0 Å². The van der Waals surface area contributed by atoms with Gasteiger partial charge >= 0.3 is 0 Å². The Balaban J connectivity index is 2.92. The van der Waals surface area contributed by atoms with Crippen LogP contribution in [0.2, 0.25) is 0 Å². The summed E-state index contributed by atoms with van der Waals surface area (Å²) in [4.78, 5) is 0. The molecule has 0 bridgehead atoms. The highest BCUT2D eigenvalue weighted by Gasteiger charge is 2.23. The van der Waals surface area contributed by atoms with Gasteiger partial charge in [-0.15, -0.1) is 10.2 Å². The summed E-state index contributed by atoms with van der Waals surface area (Å²) in [6.07, 6.45) is 2.61. The summed E-state index contributed by atoms with van der Waals surface area (Å²) in [5.74, 6) is 1.04. The fourth-order valence-electron chi connectivity index (χ4n) is 1.73. The van der Waals surface area contributed by atoms with Crippen molar-refractivity contribution in [2.75, 3.05) is 5.75 Å². The fourth-order valence-corrected chi connectivity index (χ4v) is 3.18. The van der Waals surface area contributed by atoms with Crippen LogP contribution in [0.1, 0.15) is 51.8 Å². The molecule has 0 unspecified atom stereocenters. The molecule has 1 rings (SSSR count). The molecule has 1 aromatic heterocycles. The molecule has 0 spiro atoms. The monoisotopic (exact) mass is 259 g/mol. The highest BCUT2D eigenvalue weighted by atomic mass is 32.2. The minimum atomic E-state index is -3.29. The molecule has 0 N–H and O–H groups in total. The number of unbranched alkanes of at least 4 members (excludes halogenated alkanes) is 2. The van der Waals surface area contributed by atoms with Crippen LogP contribution in [-0.4, -0.2) is 28.9 Å². The lowest BCUT2D eigenvalue weighted by Gasteiger charge is -2.06. The zero-order chi connectivity index (χ0) is 13.1. The normalized spacial score (nSPS) is 12.3. The standard InChI is InChI=1S/C11H21N3O2S/c1-5-6-7-8-17(15,16)11-13-12-10(9(2)3)14(11)4/h9H,5-8H2,1-4H3. The minimum Gasteiger partial charge on any atom is -0.305 e. The van der Waals surface area contributed by atoms with Crippen LogP contribution in [0.15, 0.2) is 5.16 Å². The van der Waals surface area contributed by atoms with Crippen molar-refractivity contribution in [3.8, 4) is 0 Å². The van der Waals surface area contributed by atoms with E-state index in [0.717, 1.165) is 12.8 Å². The lowest BCUT2D eigenvalue weighted by molar-refractivity contribution is 0.569. The van der Waals surface area contributed by atoms with Crippen LogP contribution in [0.4, 0.5) is 0 Å². The molecular formula is C11H21N3O2S. The molecular weight excluding hydrogens is 238 g/mol. The van der Waals surface area contributed by atoms with Gasteiger partial charge in [0, 0.05) is 13.0 Å². The van der Waals surface area contributed by atoms with Crippen LogP contribution in [0.3, 0.4) is 0 Å². The average Bonchev–Trinajstić information content (AvgIpc) is 2.61. The lowest BCUT2D eigenvalue weighted by atomic mass is 10.2. The molecule has 1 aromatic rings. The largest absolute Gasteiger partial charge is 0.305 e. The third kappa shape index (κ3) is 3.28. The zero-order valence-corrected chi connectivity index (χ0v) is 11.8. The fraction of sp³-hybridized carbons (Fsp3) is 0.818. The lowest BCUT2D eigenvalue weighted by Crippen LogP contribution is -2.13. The SMILES string of the molecule is CCCCCS(=O)(=O)c1nnc(C(C)C)n1C. The van der Waals surface area contributed by atoms with Crippen molar-refractivity contribution in [2.45, 2.75) is 51.1 Å². The zero-order valence-electron chi connectivity index (χ0n) is 11.0. The van der Waals surface area contributed by atoms with Gasteiger partial charge in [-0.05, 0) is 6.42 Å². The average molecular weight is 259 g/mol. The highest BCUT2D eigenvalue weighted by molar-refractivity contribution is 7.91. The first kappa shape index (κ1) is 14.2. The molecule has 6 heteroatoms. The van der Waals surface area contributed by atoms with Crippen molar-refractivity contribution in [1.82, 2.24) is 14.8 Å². The highest BCUT2D eigenvalue weighted by Crippen LogP contribution is 2.16. The Morgan fingerprint density at radius 3 is 2.35 bits per heavy atom. The molecule has 0 fully saturated rings. The van der Waals surface area contributed by atoms with E-state index in [9.17, 15) is 8.42 Å². The molecule has 98 valence electrons. The molecule has 0 aliphatic rings. The summed E-state index contributed by atoms with van der Waals surface area (Å²) in [7, 11) is -1.58. The number of nitrogens with zero attached hydrogens (tertiary/aromatic N) is 3. The predicted molar refractivity (Wildman–Crippen MR) is 66.7 cm³/mol. The van der Waals surface area contributed by atoms with E-state index in [-0.39, 0.29) is 16.8 Å². The van der Waals surface area contributed by atoms with Gasteiger partial charge in [-0.3, -0.25) is 0 Å². The van der Waals surface area contributed by atoms with Crippen molar-refractivity contribution in [3.63, 3.8) is 0 Å². The number of aromatic nitrogens is 3. The smallest absolute Gasteiger partial charge is 0.249 e. The number of hydrogen-bond donors (Lipinski definition) is 0. The van der Waals surface area contributed by atoms with Gasteiger partial charge in [-0.2, -0.15) is 0 Å². The van der Waals surface area contributed by atoms with Crippen LogP contribution in [0, 0.1) is 0 Å². The maximum atomic E-state index is 12.0. The quantitative estimate of drug-likeness (QED) is 0.732. The summed E-state index contributed by atoms with van der Waals surface area (Å²) >= 11 is 0. The molecule has 0 atom stereocenters. The van der Waals surface area contributed by atoms with Gasteiger partial charge in [-0.25, -0.2) is 8.42 Å².